The lowest BCUT2D eigenvalue weighted by atomic mass is 9.83. The van der Waals surface area contributed by atoms with Crippen LogP contribution in [-0.4, -0.2) is 25.1 Å². The number of ketones is 1. The van der Waals surface area contributed by atoms with E-state index in [4.69, 9.17) is 9.47 Å². The van der Waals surface area contributed by atoms with Gasteiger partial charge < -0.3 is 9.47 Å². The smallest absolute Gasteiger partial charge is 0.174 e. The minimum Gasteiger partial charge on any atom is -0.497 e. The Morgan fingerprint density at radius 3 is 2.10 bits per heavy atom. The van der Waals surface area contributed by atoms with Gasteiger partial charge in [-0.15, -0.1) is 0 Å². The Balaban J connectivity index is 2.39. The largest absolute Gasteiger partial charge is 0.497 e. The monoisotopic (exact) mass is 284 g/mol. The lowest BCUT2D eigenvalue weighted by Gasteiger charge is -2.18. The van der Waals surface area contributed by atoms with Crippen LogP contribution in [0.25, 0.3) is 0 Å². The summed E-state index contributed by atoms with van der Waals surface area (Å²) in [6.45, 7) is 5.47. The van der Waals surface area contributed by atoms with Gasteiger partial charge in [-0.1, -0.05) is 6.92 Å². The second-order valence-electron chi connectivity index (χ2n) is 5.26. The van der Waals surface area contributed by atoms with Crippen molar-refractivity contribution in [1.29, 1.82) is 0 Å². The normalized spacial score (nSPS) is 29.5. The molecule has 1 saturated heterocycles. The fourth-order valence-electron chi connectivity index (χ4n) is 2.79. The fraction of sp³-hybridized carbons (Fsp3) is 0.533. The number of hydrogen-bond donors (Lipinski definition) is 0. The van der Waals surface area contributed by atoms with Gasteiger partial charge in [-0.2, -0.15) is 0 Å². The molecular formula is C15H18F2O3. The van der Waals surface area contributed by atoms with E-state index in [1.165, 1.54) is 7.11 Å². The van der Waals surface area contributed by atoms with Crippen molar-refractivity contribution >= 4 is 5.78 Å². The highest BCUT2D eigenvalue weighted by Gasteiger charge is 2.43. The molecule has 1 aromatic carbocycles. The molecule has 3 nitrogen and oxygen atoms in total. The summed E-state index contributed by atoms with van der Waals surface area (Å²) in [6.07, 6.45) is -0.461. The Morgan fingerprint density at radius 1 is 1.15 bits per heavy atom. The van der Waals surface area contributed by atoms with Crippen molar-refractivity contribution in [3.05, 3.63) is 29.3 Å². The maximum atomic E-state index is 14.0. The number of rotatable bonds is 3. The van der Waals surface area contributed by atoms with E-state index < -0.39 is 28.9 Å². The van der Waals surface area contributed by atoms with E-state index in [2.05, 4.69) is 0 Å². The van der Waals surface area contributed by atoms with Crippen LogP contribution in [0.2, 0.25) is 0 Å². The van der Waals surface area contributed by atoms with Crippen molar-refractivity contribution in [1.82, 2.24) is 0 Å². The summed E-state index contributed by atoms with van der Waals surface area (Å²) in [5, 5.41) is 0. The number of halogens is 2. The highest BCUT2D eigenvalue weighted by atomic mass is 19.1. The second-order valence-corrected chi connectivity index (χ2v) is 5.26. The Morgan fingerprint density at radius 2 is 1.70 bits per heavy atom. The van der Waals surface area contributed by atoms with Gasteiger partial charge in [-0.05, 0) is 19.8 Å². The van der Waals surface area contributed by atoms with Gasteiger partial charge in [-0.25, -0.2) is 8.78 Å². The Bertz CT molecular complexity index is 507. The van der Waals surface area contributed by atoms with Crippen molar-refractivity contribution in [2.45, 2.75) is 33.0 Å². The van der Waals surface area contributed by atoms with E-state index in [0.717, 1.165) is 12.1 Å². The SMILES string of the molecule is COc1cc(F)c(C(=O)C2C(C)OC(C)C2C)c(F)c1. The molecule has 4 atom stereocenters. The van der Waals surface area contributed by atoms with E-state index in [-0.39, 0.29) is 23.9 Å². The summed E-state index contributed by atoms with van der Waals surface area (Å²) in [5.41, 5.74) is -0.507. The van der Waals surface area contributed by atoms with Crippen molar-refractivity contribution in [3.8, 4) is 5.75 Å². The van der Waals surface area contributed by atoms with Crippen LogP contribution < -0.4 is 4.74 Å². The van der Waals surface area contributed by atoms with E-state index in [1.807, 2.05) is 13.8 Å². The summed E-state index contributed by atoms with van der Waals surface area (Å²) in [6, 6.07) is 2.04. The molecule has 0 N–H and O–H groups in total. The molecule has 4 unspecified atom stereocenters. The van der Waals surface area contributed by atoms with E-state index in [1.54, 1.807) is 6.92 Å². The topological polar surface area (TPSA) is 35.5 Å². The standard InChI is InChI=1S/C15H18F2O3/c1-7-8(2)20-9(3)13(7)15(18)14-11(16)5-10(19-4)6-12(14)17/h5-9,13H,1-4H3. The molecule has 0 aliphatic carbocycles. The van der Waals surface area contributed by atoms with Gasteiger partial charge in [-0.3, -0.25) is 4.79 Å². The first-order chi connectivity index (χ1) is 9.36. The first-order valence-electron chi connectivity index (χ1n) is 6.59. The first kappa shape index (κ1) is 14.9. The van der Waals surface area contributed by atoms with Crippen molar-refractivity contribution in [2.24, 2.45) is 11.8 Å². The van der Waals surface area contributed by atoms with Gasteiger partial charge in [0.2, 0.25) is 0 Å². The van der Waals surface area contributed by atoms with Crippen LogP contribution in [0.15, 0.2) is 12.1 Å². The Kier molecular flexibility index (Phi) is 4.09. The van der Waals surface area contributed by atoms with E-state index >= 15 is 0 Å². The van der Waals surface area contributed by atoms with Crippen LogP contribution in [0.3, 0.4) is 0 Å². The summed E-state index contributed by atoms with van der Waals surface area (Å²) >= 11 is 0. The molecule has 1 aromatic rings. The fourth-order valence-corrected chi connectivity index (χ4v) is 2.79. The summed E-state index contributed by atoms with van der Waals surface area (Å²) in [7, 11) is 1.31. The number of Topliss-reactive ketones (excluding diaryl/α,β-unsaturated/α-hetero) is 1. The quantitative estimate of drug-likeness (QED) is 0.799. The number of carbonyl (C=O) groups excluding carboxylic acids is 1. The Hall–Kier alpha value is -1.49. The lowest BCUT2D eigenvalue weighted by Crippen LogP contribution is -2.28. The van der Waals surface area contributed by atoms with Crippen LogP contribution in [0.4, 0.5) is 8.78 Å². The van der Waals surface area contributed by atoms with Gasteiger partial charge >= 0.3 is 0 Å². The van der Waals surface area contributed by atoms with Crippen LogP contribution in [0, 0.1) is 23.5 Å². The molecule has 1 aliphatic rings. The maximum absolute atomic E-state index is 14.0. The van der Waals surface area contributed by atoms with Gasteiger partial charge in [0.05, 0.1) is 30.8 Å². The molecule has 0 saturated carbocycles. The number of hydrogen-bond acceptors (Lipinski definition) is 3. The molecule has 20 heavy (non-hydrogen) atoms. The zero-order valence-electron chi connectivity index (χ0n) is 11.9. The van der Waals surface area contributed by atoms with Gasteiger partial charge in [0, 0.05) is 12.1 Å². The Labute approximate surface area is 116 Å². The highest BCUT2D eigenvalue weighted by Crippen LogP contribution is 2.36. The first-order valence-corrected chi connectivity index (χ1v) is 6.59. The average molecular weight is 284 g/mol. The average Bonchev–Trinajstić information content (AvgIpc) is 2.62. The third-order valence-electron chi connectivity index (χ3n) is 4.04. The van der Waals surface area contributed by atoms with Crippen LogP contribution in [-0.2, 0) is 4.74 Å². The van der Waals surface area contributed by atoms with Gasteiger partial charge in [0.15, 0.2) is 5.78 Å². The molecule has 0 radical (unpaired) electrons. The van der Waals surface area contributed by atoms with Crippen molar-refractivity contribution < 1.29 is 23.0 Å². The summed E-state index contributed by atoms with van der Waals surface area (Å²) in [4.78, 5) is 12.5. The number of benzene rings is 1. The highest BCUT2D eigenvalue weighted by molar-refractivity contribution is 5.99. The van der Waals surface area contributed by atoms with Gasteiger partial charge in [0.1, 0.15) is 17.4 Å². The second kappa shape index (κ2) is 5.48. The number of methoxy groups -OCH3 is 1. The molecule has 0 amide bonds. The summed E-state index contributed by atoms with van der Waals surface area (Å²) in [5.74, 6) is -2.92. The third kappa shape index (κ3) is 2.42. The van der Waals surface area contributed by atoms with E-state index in [9.17, 15) is 13.6 Å². The number of ether oxygens (including phenoxy) is 2. The molecule has 5 heteroatoms. The zero-order chi connectivity index (χ0) is 15.0. The van der Waals surface area contributed by atoms with Crippen LogP contribution in [0.5, 0.6) is 5.75 Å². The molecule has 0 bridgehead atoms. The molecule has 1 fully saturated rings. The molecule has 110 valence electrons. The van der Waals surface area contributed by atoms with E-state index in [0.29, 0.717) is 0 Å². The van der Waals surface area contributed by atoms with Gasteiger partial charge in [0.25, 0.3) is 0 Å². The van der Waals surface area contributed by atoms with Crippen molar-refractivity contribution in [3.63, 3.8) is 0 Å². The zero-order valence-corrected chi connectivity index (χ0v) is 11.9. The predicted octanol–water partition coefficient (Wildman–Crippen LogP) is 3.22. The number of carbonyl (C=O) groups is 1. The van der Waals surface area contributed by atoms with Crippen LogP contribution >= 0.6 is 0 Å². The minimum atomic E-state index is -0.897. The molecule has 2 rings (SSSR count). The van der Waals surface area contributed by atoms with Crippen LogP contribution in [0.1, 0.15) is 31.1 Å². The maximum Gasteiger partial charge on any atom is 0.174 e. The molecule has 1 heterocycles. The molecule has 0 aromatic heterocycles. The summed E-state index contributed by atoms with van der Waals surface area (Å²) < 4.78 is 38.3. The van der Waals surface area contributed by atoms with Crippen molar-refractivity contribution in [2.75, 3.05) is 7.11 Å². The predicted molar refractivity (Wildman–Crippen MR) is 69.9 cm³/mol. The molecule has 0 spiro atoms. The lowest BCUT2D eigenvalue weighted by molar-refractivity contribution is 0.0489. The molecular weight excluding hydrogens is 266 g/mol. The molecule has 1 aliphatic heterocycles. The minimum absolute atomic E-state index is 0.0497. The third-order valence-corrected chi connectivity index (χ3v) is 4.04.